The summed E-state index contributed by atoms with van der Waals surface area (Å²) in [6, 6.07) is 1.87. The van der Waals surface area contributed by atoms with Gasteiger partial charge in [-0.15, -0.1) is 0 Å². The van der Waals surface area contributed by atoms with Crippen LogP contribution in [0.4, 0.5) is 5.95 Å². The summed E-state index contributed by atoms with van der Waals surface area (Å²) in [5, 5.41) is 2.93. The van der Waals surface area contributed by atoms with Crippen LogP contribution in [0, 0.1) is 6.92 Å². The lowest BCUT2D eigenvalue weighted by atomic mass is 10.4. The average Bonchev–Trinajstić information content (AvgIpc) is 2.81. The molecule has 0 aromatic carbocycles. The van der Waals surface area contributed by atoms with Crippen molar-refractivity contribution in [3.8, 4) is 5.88 Å². The van der Waals surface area contributed by atoms with Crippen molar-refractivity contribution in [3.05, 3.63) is 11.8 Å². The van der Waals surface area contributed by atoms with Crippen LogP contribution in [0.15, 0.2) is 6.07 Å². The number of nitrogens with zero attached hydrogens (tertiary/aromatic N) is 3. The molecule has 1 aromatic rings. The number of anilines is 1. The first-order valence-corrected chi connectivity index (χ1v) is 6.16. The highest BCUT2D eigenvalue weighted by molar-refractivity contribution is 5.29. The van der Waals surface area contributed by atoms with Gasteiger partial charge in [-0.1, -0.05) is 0 Å². The Kier molecular flexibility index (Phi) is 4.14. The Morgan fingerprint density at radius 2 is 2.12 bits per heavy atom. The molecular weight excluding hydrogens is 216 g/mol. The largest absolute Gasteiger partial charge is 0.476 e. The zero-order chi connectivity index (χ0) is 12.1. The Bertz CT molecular complexity index is 364. The predicted molar refractivity (Wildman–Crippen MR) is 67.5 cm³/mol. The predicted octanol–water partition coefficient (Wildman–Crippen LogP) is 1.30. The third kappa shape index (κ3) is 3.56. The van der Waals surface area contributed by atoms with Crippen LogP contribution in [0.3, 0.4) is 0 Å². The van der Waals surface area contributed by atoms with Gasteiger partial charge in [-0.2, -0.15) is 4.98 Å². The van der Waals surface area contributed by atoms with Crippen molar-refractivity contribution in [1.29, 1.82) is 0 Å². The first-order chi connectivity index (χ1) is 8.28. The Labute approximate surface area is 102 Å². The normalized spacial score (nSPS) is 16.1. The Morgan fingerprint density at radius 1 is 1.35 bits per heavy atom. The summed E-state index contributed by atoms with van der Waals surface area (Å²) in [5.74, 6) is 1.27. The summed E-state index contributed by atoms with van der Waals surface area (Å²) in [6.07, 6.45) is 2.63. The molecule has 5 nitrogen and oxygen atoms in total. The summed E-state index contributed by atoms with van der Waals surface area (Å²) >= 11 is 0. The van der Waals surface area contributed by atoms with E-state index in [9.17, 15) is 0 Å². The monoisotopic (exact) mass is 236 g/mol. The maximum atomic E-state index is 5.66. The second kappa shape index (κ2) is 5.82. The highest BCUT2D eigenvalue weighted by Crippen LogP contribution is 2.12. The Morgan fingerprint density at radius 3 is 2.82 bits per heavy atom. The highest BCUT2D eigenvalue weighted by atomic mass is 16.5. The van der Waals surface area contributed by atoms with Crippen molar-refractivity contribution in [1.82, 2.24) is 14.9 Å². The maximum absolute atomic E-state index is 5.66. The van der Waals surface area contributed by atoms with Crippen molar-refractivity contribution in [2.75, 3.05) is 38.6 Å². The van der Waals surface area contributed by atoms with Crippen LogP contribution >= 0.6 is 0 Å². The molecule has 0 bridgehead atoms. The minimum absolute atomic E-state index is 0.612. The van der Waals surface area contributed by atoms with Crippen LogP contribution in [0.1, 0.15) is 18.5 Å². The molecule has 0 saturated carbocycles. The first-order valence-electron chi connectivity index (χ1n) is 6.16. The fourth-order valence-electron chi connectivity index (χ4n) is 2.01. The van der Waals surface area contributed by atoms with Gasteiger partial charge in [0, 0.05) is 25.4 Å². The second-order valence-electron chi connectivity index (χ2n) is 4.32. The lowest BCUT2D eigenvalue weighted by Gasteiger charge is -2.14. The Balaban J connectivity index is 1.83. The van der Waals surface area contributed by atoms with Gasteiger partial charge < -0.3 is 10.1 Å². The fraction of sp³-hybridized carbons (Fsp3) is 0.667. The highest BCUT2D eigenvalue weighted by Gasteiger charge is 2.11. The lowest BCUT2D eigenvalue weighted by molar-refractivity contribution is 0.232. The molecule has 1 N–H and O–H groups in total. The molecule has 0 radical (unpaired) electrons. The second-order valence-corrected chi connectivity index (χ2v) is 4.32. The number of rotatable bonds is 5. The van der Waals surface area contributed by atoms with Gasteiger partial charge in [-0.3, -0.25) is 4.90 Å². The van der Waals surface area contributed by atoms with Crippen LogP contribution in [0.2, 0.25) is 0 Å². The number of ether oxygens (including phenoxy) is 1. The SMILES string of the molecule is CNc1nc(C)cc(OCCN2CCCC2)n1. The molecule has 1 fully saturated rings. The molecule has 1 aromatic heterocycles. The van der Waals surface area contributed by atoms with Crippen molar-refractivity contribution >= 4 is 5.95 Å². The van der Waals surface area contributed by atoms with Crippen LogP contribution < -0.4 is 10.1 Å². The zero-order valence-corrected chi connectivity index (χ0v) is 10.6. The van der Waals surface area contributed by atoms with Crippen molar-refractivity contribution in [3.63, 3.8) is 0 Å². The van der Waals surface area contributed by atoms with Gasteiger partial charge in [-0.05, 0) is 32.9 Å². The molecule has 2 rings (SSSR count). The molecule has 1 aliphatic heterocycles. The zero-order valence-electron chi connectivity index (χ0n) is 10.6. The molecule has 0 amide bonds. The van der Waals surface area contributed by atoms with Gasteiger partial charge >= 0.3 is 0 Å². The fourth-order valence-corrected chi connectivity index (χ4v) is 2.01. The molecule has 0 unspecified atom stereocenters. The van der Waals surface area contributed by atoms with Crippen LogP contribution in [-0.4, -0.2) is 48.2 Å². The molecular formula is C12H20N4O. The van der Waals surface area contributed by atoms with Gasteiger partial charge in [0.15, 0.2) is 0 Å². The number of nitrogens with one attached hydrogen (secondary N) is 1. The third-order valence-electron chi connectivity index (χ3n) is 2.91. The average molecular weight is 236 g/mol. The molecule has 1 aliphatic rings. The van der Waals surface area contributed by atoms with Crippen LogP contribution in [0.5, 0.6) is 5.88 Å². The van der Waals surface area contributed by atoms with E-state index in [4.69, 9.17) is 4.74 Å². The van der Waals surface area contributed by atoms with Crippen LogP contribution in [-0.2, 0) is 0 Å². The first kappa shape index (κ1) is 12.1. The standard InChI is InChI=1S/C12H20N4O/c1-10-9-11(15-12(13-2)14-10)17-8-7-16-5-3-4-6-16/h9H,3-8H2,1-2H3,(H,13,14,15). The summed E-state index contributed by atoms with van der Waals surface area (Å²) in [5.41, 5.74) is 0.917. The van der Waals surface area contributed by atoms with Gasteiger partial charge in [0.1, 0.15) is 6.61 Å². The van der Waals surface area contributed by atoms with E-state index < -0.39 is 0 Å². The molecule has 0 spiro atoms. The number of likely N-dealkylation sites (tertiary alicyclic amines) is 1. The molecule has 2 heterocycles. The summed E-state index contributed by atoms with van der Waals surface area (Å²) < 4.78 is 5.66. The number of hydrogen-bond donors (Lipinski definition) is 1. The molecule has 1 saturated heterocycles. The molecule has 0 aliphatic carbocycles. The van der Waals surface area contributed by atoms with E-state index >= 15 is 0 Å². The quantitative estimate of drug-likeness (QED) is 0.835. The van der Waals surface area contributed by atoms with Gasteiger partial charge in [0.25, 0.3) is 0 Å². The molecule has 94 valence electrons. The number of aryl methyl sites for hydroxylation is 1. The van der Waals surface area contributed by atoms with E-state index in [2.05, 4.69) is 20.2 Å². The molecule has 0 atom stereocenters. The minimum Gasteiger partial charge on any atom is -0.476 e. The van der Waals surface area contributed by atoms with Crippen molar-refractivity contribution in [2.24, 2.45) is 0 Å². The molecule has 17 heavy (non-hydrogen) atoms. The smallest absolute Gasteiger partial charge is 0.225 e. The number of hydrogen-bond acceptors (Lipinski definition) is 5. The van der Waals surface area contributed by atoms with E-state index in [1.165, 1.54) is 25.9 Å². The van der Waals surface area contributed by atoms with E-state index in [1.54, 1.807) is 0 Å². The molecule has 5 heteroatoms. The van der Waals surface area contributed by atoms with E-state index in [1.807, 2.05) is 20.0 Å². The maximum Gasteiger partial charge on any atom is 0.225 e. The van der Waals surface area contributed by atoms with E-state index in [0.717, 1.165) is 12.2 Å². The van der Waals surface area contributed by atoms with Gasteiger partial charge in [0.2, 0.25) is 11.8 Å². The topological polar surface area (TPSA) is 50.3 Å². The van der Waals surface area contributed by atoms with Gasteiger partial charge in [-0.25, -0.2) is 4.98 Å². The van der Waals surface area contributed by atoms with E-state index in [0.29, 0.717) is 18.4 Å². The lowest BCUT2D eigenvalue weighted by Crippen LogP contribution is -2.25. The Hall–Kier alpha value is -1.36. The minimum atomic E-state index is 0.612. The van der Waals surface area contributed by atoms with Crippen LogP contribution in [0.25, 0.3) is 0 Å². The number of aromatic nitrogens is 2. The van der Waals surface area contributed by atoms with Crippen molar-refractivity contribution in [2.45, 2.75) is 19.8 Å². The van der Waals surface area contributed by atoms with Gasteiger partial charge in [0.05, 0.1) is 0 Å². The van der Waals surface area contributed by atoms with E-state index in [-0.39, 0.29) is 0 Å². The van der Waals surface area contributed by atoms with Crippen molar-refractivity contribution < 1.29 is 4.74 Å². The summed E-state index contributed by atoms with van der Waals surface area (Å²) in [4.78, 5) is 10.9. The third-order valence-corrected chi connectivity index (χ3v) is 2.91. The summed E-state index contributed by atoms with van der Waals surface area (Å²) in [7, 11) is 1.81. The summed E-state index contributed by atoms with van der Waals surface area (Å²) in [6.45, 7) is 6.02.